The van der Waals surface area contributed by atoms with E-state index in [4.69, 9.17) is 4.74 Å². The Bertz CT molecular complexity index is 1580. The Hall–Kier alpha value is -4.62. The Balaban J connectivity index is 1.92. The van der Waals surface area contributed by atoms with E-state index < -0.39 is 71.5 Å². The van der Waals surface area contributed by atoms with Crippen LogP contribution in [-0.2, 0) is 22.1 Å². The van der Waals surface area contributed by atoms with Gasteiger partial charge < -0.3 is 14.8 Å². The minimum Gasteiger partial charge on any atom is -0.483 e. The van der Waals surface area contributed by atoms with E-state index in [0.29, 0.717) is 24.1 Å². The van der Waals surface area contributed by atoms with Crippen LogP contribution in [0.2, 0.25) is 0 Å². The molecule has 0 bridgehead atoms. The summed E-state index contributed by atoms with van der Waals surface area (Å²) in [4.78, 5) is 42.8. The Morgan fingerprint density at radius 2 is 1.53 bits per heavy atom. The molecule has 1 heterocycles. The van der Waals surface area contributed by atoms with Gasteiger partial charge in [-0.3, -0.25) is 19.9 Å². The quantitative estimate of drug-likeness (QED) is 0.139. The van der Waals surface area contributed by atoms with Gasteiger partial charge >= 0.3 is 18.4 Å². The second-order valence-electron chi connectivity index (χ2n) is 11.0. The number of amides is 2. The zero-order valence-electron chi connectivity index (χ0n) is 25.0. The molecule has 0 saturated carbocycles. The number of alkyl halides is 6. The fourth-order valence-electron chi connectivity index (χ4n) is 4.10. The Kier molecular flexibility index (Phi) is 10.5. The Morgan fingerprint density at radius 1 is 0.867 bits per heavy atom. The van der Waals surface area contributed by atoms with Crippen LogP contribution in [0, 0.1) is 6.92 Å². The molecule has 0 saturated heterocycles. The number of halogens is 6. The zero-order chi connectivity index (χ0) is 33.7. The largest absolute Gasteiger partial charge is 0.483 e. The van der Waals surface area contributed by atoms with Crippen LogP contribution in [0.25, 0.3) is 11.1 Å². The number of benzene rings is 2. The summed E-state index contributed by atoms with van der Waals surface area (Å²) in [6.45, 7) is 6.21. The fourth-order valence-corrected chi connectivity index (χ4v) is 4.10. The Morgan fingerprint density at radius 3 is 2.13 bits per heavy atom. The summed E-state index contributed by atoms with van der Waals surface area (Å²) in [6, 6.07) is 10.9. The molecule has 0 aliphatic carbocycles. The number of pyridine rings is 1. The average molecular weight is 640 g/mol. The number of aryl methyl sites for hydroxylation is 2. The third-order valence-corrected chi connectivity index (χ3v) is 5.93. The van der Waals surface area contributed by atoms with Crippen LogP contribution in [0.15, 0.2) is 48.5 Å². The molecular weight excluding hydrogens is 608 g/mol. The second-order valence-corrected chi connectivity index (χ2v) is 11.0. The molecule has 0 fully saturated rings. The molecule has 0 aliphatic rings. The van der Waals surface area contributed by atoms with E-state index in [-0.39, 0.29) is 5.56 Å². The predicted molar refractivity (Wildman–Crippen MR) is 154 cm³/mol. The number of Topliss-reactive ketones (excluding diaryl/α,β-unsaturated/α-hetero) is 1. The fraction of sp³-hybridized carbons (Fsp3) is 0.355. The monoisotopic (exact) mass is 639 g/mol. The smallest absolute Gasteiger partial charge is 0.422 e. The lowest BCUT2D eigenvalue weighted by Crippen LogP contribution is -2.28. The minimum absolute atomic E-state index is 0.147. The van der Waals surface area contributed by atoms with Gasteiger partial charge in [0.2, 0.25) is 5.91 Å². The number of carbonyl (C=O) groups excluding carboxylic acids is 3. The van der Waals surface area contributed by atoms with Crippen molar-refractivity contribution in [1.82, 2.24) is 4.98 Å². The van der Waals surface area contributed by atoms with Gasteiger partial charge in [0.25, 0.3) is 0 Å². The van der Waals surface area contributed by atoms with Gasteiger partial charge in [0.05, 0.1) is 23.4 Å². The maximum Gasteiger partial charge on any atom is 0.422 e. The summed E-state index contributed by atoms with van der Waals surface area (Å²) in [5, 5.41) is 4.26. The third-order valence-electron chi connectivity index (χ3n) is 5.93. The predicted octanol–water partition coefficient (Wildman–Crippen LogP) is 8.14. The second kappa shape index (κ2) is 13.6. The molecule has 0 atom stereocenters. The van der Waals surface area contributed by atoms with E-state index in [0.717, 1.165) is 17.0 Å². The van der Waals surface area contributed by atoms with Gasteiger partial charge in [-0.25, -0.2) is 4.79 Å². The molecule has 8 nitrogen and oxygen atoms in total. The van der Waals surface area contributed by atoms with Crippen LogP contribution >= 0.6 is 0 Å². The van der Waals surface area contributed by atoms with Crippen molar-refractivity contribution >= 4 is 29.2 Å². The van der Waals surface area contributed by atoms with Crippen LogP contribution < -0.4 is 15.4 Å². The molecule has 0 radical (unpaired) electrons. The minimum atomic E-state index is -5.22. The molecule has 3 aromatic rings. The summed E-state index contributed by atoms with van der Waals surface area (Å²) in [6.07, 6.45) is -11.5. The van der Waals surface area contributed by atoms with Gasteiger partial charge in [-0.05, 0) is 69.5 Å². The van der Waals surface area contributed by atoms with Gasteiger partial charge in [0.15, 0.2) is 12.4 Å². The van der Waals surface area contributed by atoms with E-state index in [1.54, 1.807) is 18.2 Å². The number of anilines is 2. The number of carbonyl (C=O) groups is 3. The van der Waals surface area contributed by atoms with Crippen LogP contribution in [0.1, 0.15) is 61.4 Å². The van der Waals surface area contributed by atoms with Gasteiger partial charge in [-0.2, -0.15) is 26.3 Å². The van der Waals surface area contributed by atoms with E-state index >= 15 is 0 Å². The molecule has 242 valence electrons. The molecule has 14 heteroatoms. The molecule has 2 amide bonds. The number of aromatic nitrogens is 1. The normalized spacial score (nSPS) is 12.0. The summed E-state index contributed by atoms with van der Waals surface area (Å²) < 4.78 is 89.3. The number of nitrogens with one attached hydrogen (secondary N) is 2. The van der Waals surface area contributed by atoms with E-state index in [2.05, 4.69) is 20.4 Å². The number of nitrogens with zero attached hydrogens (tertiary/aromatic N) is 1. The van der Waals surface area contributed by atoms with Gasteiger partial charge in [-0.1, -0.05) is 25.1 Å². The first kappa shape index (κ1) is 34.9. The average Bonchev–Trinajstić information content (AvgIpc) is 2.90. The van der Waals surface area contributed by atoms with Crippen LogP contribution in [0.5, 0.6) is 5.75 Å². The molecule has 0 aliphatic heterocycles. The summed E-state index contributed by atoms with van der Waals surface area (Å²) in [7, 11) is 0. The highest BCUT2D eigenvalue weighted by molar-refractivity contribution is 6.12. The number of hydrogen-bond donors (Lipinski definition) is 2. The SMILES string of the molecule is CCc1cc(-c2cccc(C(=O)CC(=O)Nc3cc(C(F)(F)F)c(OCC(F)(F)F)cc3NC(=O)OC(C)(C)C)c2)cc(C)n1. The lowest BCUT2D eigenvalue weighted by atomic mass is 9.99. The number of ketones is 1. The molecule has 2 N–H and O–H groups in total. The highest BCUT2D eigenvalue weighted by Gasteiger charge is 2.38. The first-order valence-electron chi connectivity index (χ1n) is 13.6. The van der Waals surface area contributed by atoms with Crippen LogP contribution in [0.4, 0.5) is 42.5 Å². The van der Waals surface area contributed by atoms with Gasteiger partial charge in [0.1, 0.15) is 11.4 Å². The van der Waals surface area contributed by atoms with Crippen molar-refractivity contribution in [2.24, 2.45) is 0 Å². The van der Waals surface area contributed by atoms with Crippen LogP contribution in [0.3, 0.4) is 0 Å². The zero-order valence-corrected chi connectivity index (χ0v) is 25.0. The van der Waals surface area contributed by atoms with E-state index in [1.807, 2.05) is 26.0 Å². The molecule has 0 unspecified atom stereocenters. The number of rotatable bonds is 9. The summed E-state index contributed by atoms with van der Waals surface area (Å²) in [5.41, 5.74) is -0.699. The van der Waals surface area contributed by atoms with Crippen molar-refractivity contribution in [1.29, 1.82) is 0 Å². The molecule has 1 aromatic heterocycles. The maximum atomic E-state index is 13.8. The lowest BCUT2D eigenvalue weighted by Gasteiger charge is -2.22. The van der Waals surface area contributed by atoms with Gasteiger partial charge in [0, 0.05) is 23.0 Å². The first-order valence-corrected chi connectivity index (χ1v) is 13.6. The molecule has 3 rings (SSSR count). The van der Waals surface area contributed by atoms with Crippen molar-refractivity contribution in [2.75, 3.05) is 17.2 Å². The summed E-state index contributed by atoms with van der Waals surface area (Å²) >= 11 is 0. The third kappa shape index (κ3) is 10.5. The summed E-state index contributed by atoms with van der Waals surface area (Å²) in [5.74, 6) is -2.98. The van der Waals surface area contributed by atoms with Crippen molar-refractivity contribution < 1.29 is 50.2 Å². The number of ether oxygens (including phenoxy) is 2. The standard InChI is InChI=1S/C31H31F6N3O5/c1-6-21-12-20(10-17(2)38-21)18-8-7-9-19(11-18)25(41)15-27(42)39-23-13-22(31(35,36)37)26(44-16-30(32,33)34)14-24(23)40-28(43)45-29(3,4)5/h7-14H,6,15-16H2,1-5H3,(H,39,42)(H,40,43). The van der Waals surface area contributed by atoms with Crippen molar-refractivity contribution in [3.8, 4) is 16.9 Å². The van der Waals surface area contributed by atoms with Gasteiger partial charge in [-0.15, -0.1) is 0 Å². The molecule has 0 spiro atoms. The van der Waals surface area contributed by atoms with Crippen molar-refractivity contribution in [3.05, 3.63) is 71.0 Å². The maximum absolute atomic E-state index is 13.8. The van der Waals surface area contributed by atoms with Crippen molar-refractivity contribution in [3.63, 3.8) is 0 Å². The van der Waals surface area contributed by atoms with Crippen LogP contribution in [-0.4, -0.2) is 41.2 Å². The van der Waals surface area contributed by atoms with E-state index in [9.17, 15) is 40.7 Å². The Labute approximate surface area is 255 Å². The van der Waals surface area contributed by atoms with E-state index in [1.165, 1.54) is 26.8 Å². The number of hydrogen-bond acceptors (Lipinski definition) is 6. The topological polar surface area (TPSA) is 107 Å². The molecule has 45 heavy (non-hydrogen) atoms. The first-order chi connectivity index (χ1) is 20.7. The van der Waals surface area contributed by atoms with Crippen molar-refractivity contribution in [2.45, 2.75) is 65.4 Å². The molecular formula is C31H31F6N3O5. The lowest BCUT2D eigenvalue weighted by molar-refractivity contribution is -0.158. The molecule has 2 aromatic carbocycles. The highest BCUT2D eigenvalue weighted by Crippen LogP contribution is 2.42. The highest BCUT2D eigenvalue weighted by atomic mass is 19.4.